The van der Waals surface area contributed by atoms with Gasteiger partial charge in [0.2, 0.25) is 5.82 Å². The Bertz CT molecular complexity index is 1490. The van der Waals surface area contributed by atoms with Crippen LogP contribution in [0.1, 0.15) is 41.1 Å². The average molecular weight is 497 g/mol. The summed E-state index contributed by atoms with van der Waals surface area (Å²) >= 11 is 5.87. The molecule has 1 N–H and O–H groups in total. The van der Waals surface area contributed by atoms with Crippen molar-refractivity contribution in [2.75, 3.05) is 12.0 Å². The summed E-state index contributed by atoms with van der Waals surface area (Å²) in [5, 5.41) is 8.44. The topological polar surface area (TPSA) is 63.4 Å². The Labute approximate surface area is 216 Å². The van der Waals surface area contributed by atoms with Crippen molar-refractivity contribution in [3.05, 3.63) is 101 Å². The van der Waals surface area contributed by atoms with E-state index in [2.05, 4.69) is 42.5 Å². The van der Waals surface area contributed by atoms with Gasteiger partial charge in [0.1, 0.15) is 5.75 Å². The first-order chi connectivity index (χ1) is 17.4. The van der Waals surface area contributed by atoms with Crippen molar-refractivity contribution < 1.29 is 9.26 Å². The molecule has 0 aliphatic carbocycles. The molecule has 0 spiro atoms. The van der Waals surface area contributed by atoms with Crippen molar-refractivity contribution in [1.82, 2.24) is 15.5 Å². The molecular formula is C29H28N4O2S. The van der Waals surface area contributed by atoms with E-state index in [0.29, 0.717) is 16.8 Å². The van der Waals surface area contributed by atoms with Crippen LogP contribution in [0.4, 0.5) is 5.69 Å². The van der Waals surface area contributed by atoms with Gasteiger partial charge in [0.25, 0.3) is 5.89 Å². The highest BCUT2D eigenvalue weighted by atomic mass is 32.1. The third-order valence-electron chi connectivity index (χ3n) is 6.59. The van der Waals surface area contributed by atoms with Crippen LogP contribution in [-0.4, -0.2) is 22.4 Å². The average Bonchev–Trinajstić information content (AvgIpc) is 3.35. The first-order valence-electron chi connectivity index (χ1n) is 11.8. The zero-order chi connectivity index (χ0) is 25.4. The van der Waals surface area contributed by atoms with Gasteiger partial charge in [-0.2, -0.15) is 4.98 Å². The summed E-state index contributed by atoms with van der Waals surface area (Å²) < 4.78 is 11.3. The monoisotopic (exact) mass is 496 g/mol. The van der Waals surface area contributed by atoms with Gasteiger partial charge in [-0.1, -0.05) is 53.2 Å². The predicted octanol–water partition coefficient (Wildman–Crippen LogP) is 6.54. The molecular weight excluding hydrogens is 468 g/mol. The van der Waals surface area contributed by atoms with Crippen molar-refractivity contribution in [3.63, 3.8) is 0 Å². The Morgan fingerprint density at radius 3 is 2.50 bits per heavy atom. The van der Waals surface area contributed by atoms with E-state index in [9.17, 15) is 0 Å². The van der Waals surface area contributed by atoms with Gasteiger partial charge in [-0.3, -0.25) is 4.90 Å². The lowest BCUT2D eigenvalue weighted by atomic mass is 9.92. The zero-order valence-electron chi connectivity index (χ0n) is 21.0. The number of hydrogen-bond acceptors (Lipinski definition) is 5. The summed E-state index contributed by atoms with van der Waals surface area (Å²) in [5.41, 5.74) is 8.24. The number of aryl methyl sites for hydroxylation is 3. The quantitative estimate of drug-likeness (QED) is 0.315. The SMILES string of the molecule is COc1cccc(N2C(=S)NC(c3ccc(C)c(C)c3)C(c3nc(-c4cccc(C)c4)no3)=C2C)c1. The molecule has 3 aromatic carbocycles. The molecule has 1 aliphatic heterocycles. The van der Waals surface area contributed by atoms with Crippen molar-refractivity contribution in [2.45, 2.75) is 33.7 Å². The number of methoxy groups -OCH3 is 1. The molecule has 4 aromatic rings. The van der Waals surface area contributed by atoms with Crippen LogP contribution in [0.25, 0.3) is 17.0 Å². The second-order valence-corrected chi connectivity index (χ2v) is 9.44. The lowest BCUT2D eigenvalue weighted by Crippen LogP contribution is -2.46. The van der Waals surface area contributed by atoms with Gasteiger partial charge in [0, 0.05) is 17.3 Å². The number of nitrogens with one attached hydrogen (secondary N) is 1. The summed E-state index contributed by atoms with van der Waals surface area (Å²) in [6.45, 7) is 8.30. The molecule has 1 aliphatic rings. The first-order valence-corrected chi connectivity index (χ1v) is 12.2. The fourth-order valence-electron chi connectivity index (χ4n) is 4.51. The van der Waals surface area contributed by atoms with Crippen LogP contribution in [0, 0.1) is 20.8 Å². The van der Waals surface area contributed by atoms with Crippen LogP contribution in [-0.2, 0) is 0 Å². The van der Waals surface area contributed by atoms with Crippen LogP contribution >= 0.6 is 12.2 Å². The maximum Gasteiger partial charge on any atom is 0.258 e. The number of nitrogens with zero attached hydrogens (tertiary/aromatic N) is 3. The highest BCUT2D eigenvalue weighted by Gasteiger charge is 2.35. The van der Waals surface area contributed by atoms with E-state index in [0.717, 1.165) is 39.4 Å². The summed E-state index contributed by atoms with van der Waals surface area (Å²) in [6.07, 6.45) is 0. The van der Waals surface area contributed by atoms with Gasteiger partial charge >= 0.3 is 0 Å². The summed E-state index contributed by atoms with van der Waals surface area (Å²) in [7, 11) is 1.65. The molecule has 0 saturated heterocycles. The molecule has 1 aromatic heterocycles. The van der Waals surface area contributed by atoms with Crippen LogP contribution in [0.3, 0.4) is 0 Å². The summed E-state index contributed by atoms with van der Waals surface area (Å²) in [5.74, 6) is 1.75. The third kappa shape index (κ3) is 4.38. The number of benzene rings is 3. The number of rotatable bonds is 5. The maximum atomic E-state index is 5.89. The van der Waals surface area contributed by atoms with E-state index in [1.165, 1.54) is 11.1 Å². The number of aromatic nitrogens is 2. The minimum atomic E-state index is -0.246. The van der Waals surface area contributed by atoms with E-state index in [-0.39, 0.29) is 6.04 Å². The number of allylic oxidation sites excluding steroid dienone is 1. The molecule has 36 heavy (non-hydrogen) atoms. The fourth-order valence-corrected chi connectivity index (χ4v) is 4.87. The smallest absolute Gasteiger partial charge is 0.258 e. The second kappa shape index (κ2) is 9.59. The Morgan fingerprint density at radius 2 is 1.75 bits per heavy atom. The molecule has 5 rings (SSSR count). The standard InChI is InChI=1S/C29H28N4O2S/c1-17-8-6-9-22(14-17)27-31-28(35-32-27)25-20(4)33(23-10-7-11-24(16-23)34-5)29(36)30-26(25)21-13-12-18(2)19(3)15-21/h6-16,26H,1-5H3,(H,30,36). The Balaban J connectivity index is 1.67. The number of thiocarbonyl (C=S) groups is 1. The summed E-state index contributed by atoms with van der Waals surface area (Å²) in [4.78, 5) is 6.82. The Hall–Kier alpha value is -3.97. The molecule has 2 heterocycles. The van der Waals surface area contributed by atoms with E-state index in [4.69, 9.17) is 26.5 Å². The van der Waals surface area contributed by atoms with Crippen molar-refractivity contribution >= 4 is 28.6 Å². The Kier molecular flexibility index (Phi) is 6.33. The zero-order valence-corrected chi connectivity index (χ0v) is 21.8. The third-order valence-corrected chi connectivity index (χ3v) is 6.89. The first kappa shape index (κ1) is 23.8. The van der Waals surface area contributed by atoms with Crippen LogP contribution in [0.15, 0.2) is 77.0 Å². The molecule has 0 fully saturated rings. The Morgan fingerprint density at radius 1 is 0.944 bits per heavy atom. The lowest BCUT2D eigenvalue weighted by molar-refractivity contribution is 0.404. The number of anilines is 1. The second-order valence-electron chi connectivity index (χ2n) is 9.05. The highest BCUT2D eigenvalue weighted by molar-refractivity contribution is 7.80. The van der Waals surface area contributed by atoms with Gasteiger partial charge in [-0.15, -0.1) is 0 Å². The largest absolute Gasteiger partial charge is 0.497 e. The molecule has 0 radical (unpaired) electrons. The maximum absolute atomic E-state index is 5.89. The van der Waals surface area contributed by atoms with Gasteiger partial charge in [0.15, 0.2) is 5.11 Å². The molecule has 0 bridgehead atoms. The molecule has 6 nitrogen and oxygen atoms in total. The fraction of sp³-hybridized carbons (Fsp3) is 0.207. The van der Waals surface area contributed by atoms with E-state index in [1.54, 1.807) is 7.11 Å². The van der Waals surface area contributed by atoms with Crippen molar-refractivity contribution in [1.29, 1.82) is 0 Å². The van der Waals surface area contributed by atoms with Gasteiger partial charge < -0.3 is 14.6 Å². The van der Waals surface area contributed by atoms with E-state index < -0.39 is 0 Å². The lowest BCUT2D eigenvalue weighted by Gasteiger charge is -2.37. The number of ether oxygens (including phenoxy) is 1. The van der Waals surface area contributed by atoms with Crippen molar-refractivity contribution in [3.8, 4) is 17.1 Å². The van der Waals surface area contributed by atoms with Crippen molar-refractivity contribution in [2.24, 2.45) is 0 Å². The molecule has 182 valence electrons. The van der Waals surface area contributed by atoms with E-state index in [1.807, 2.05) is 67.3 Å². The molecule has 0 saturated carbocycles. The molecule has 1 unspecified atom stereocenters. The van der Waals surface area contributed by atoms with Crippen LogP contribution in [0.5, 0.6) is 5.75 Å². The van der Waals surface area contributed by atoms with E-state index >= 15 is 0 Å². The normalized spacial score (nSPS) is 15.8. The minimum Gasteiger partial charge on any atom is -0.497 e. The predicted molar refractivity (Wildman–Crippen MR) is 147 cm³/mol. The molecule has 0 amide bonds. The van der Waals surface area contributed by atoms with Gasteiger partial charge in [0.05, 0.1) is 24.4 Å². The van der Waals surface area contributed by atoms with Gasteiger partial charge in [-0.05, 0) is 74.8 Å². The summed E-state index contributed by atoms with van der Waals surface area (Å²) in [6, 6.07) is 22.1. The molecule has 7 heteroatoms. The number of hydrogen-bond donors (Lipinski definition) is 1. The van der Waals surface area contributed by atoms with Crippen LogP contribution in [0.2, 0.25) is 0 Å². The minimum absolute atomic E-state index is 0.246. The van der Waals surface area contributed by atoms with Crippen LogP contribution < -0.4 is 15.0 Å². The molecule has 1 atom stereocenters. The van der Waals surface area contributed by atoms with Gasteiger partial charge in [-0.25, -0.2) is 0 Å². The highest BCUT2D eigenvalue weighted by Crippen LogP contribution is 2.40.